The summed E-state index contributed by atoms with van der Waals surface area (Å²) in [5, 5.41) is 38.2. The average molecular weight is 544 g/mol. The molecule has 4 aliphatic rings. The predicted molar refractivity (Wildman–Crippen MR) is 156 cm³/mol. The van der Waals surface area contributed by atoms with Crippen LogP contribution >= 0.6 is 0 Å². The number of aliphatic hydroxyl groups is 3. The van der Waals surface area contributed by atoms with Crippen molar-refractivity contribution in [1.82, 2.24) is 14.9 Å². The Balaban J connectivity index is 1.24. The van der Waals surface area contributed by atoms with E-state index in [-0.39, 0.29) is 45.7 Å². The van der Waals surface area contributed by atoms with E-state index in [1.165, 1.54) is 12.8 Å². The third-order valence-electron chi connectivity index (χ3n) is 13.5. The number of rotatable bonds is 9. The molecule has 4 aliphatic carbocycles. The van der Waals surface area contributed by atoms with Gasteiger partial charge in [-0.15, -0.1) is 0 Å². The van der Waals surface area contributed by atoms with Crippen molar-refractivity contribution in [3.63, 3.8) is 0 Å². The maximum Gasteiger partial charge on any atom is 0.0945 e. The van der Waals surface area contributed by atoms with Crippen LogP contribution in [0.3, 0.4) is 0 Å². The van der Waals surface area contributed by atoms with Gasteiger partial charge in [-0.05, 0) is 130 Å². The molecule has 0 saturated heterocycles. The summed E-state index contributed by atoms with van der Waals surface area (Å²) in [6, 6.07) is 0. The van der Waals surface area contributed by atoms with Crippen LogP contribution in [0.15, 0.2) is 18.7 Å². The number of hydrogen-bond acceptors (Lipinski definition) is 5. The molecule has 1 aromatic heterocycles. The zero-order chi connectivity index (χ0) is 28.3. The summed E-state index contributed by atoms with van der Waals surface area (Å²) in [4.78, 5) is 4.10. The van der Waals surface area contributed by atoms with Crippen molar-refractivity contribution in [3.8, 4) is 0 Å². The van der Waals surface area contributed by atoms with Crippen molar-refractivity contribution >= 4 is 0 Å². The molecule has 10 atom stereocenters. The molecule has 39 heavy (non-hydrogen) atoms. The van der Waals surface area contributed by atoms with Crippen molar-refractivity contribution < 1.29 is 15.3 Å². The zero-order valence-corrected chi connectivity index (χ0v) is 25.6. The lowest BCUT2D eigenvalue weighted by Gasteiger charge is -2.70. The molecule has 0 bridgehead atoms. The monoisotopic (exact) mass is 543 g/mol. The van der Waals surface area contributed by atoms with Crippen LogP contribution in [0.5, 0.6) is 0 Å². The second-order valence-corrected chi connectivity index (χ2v) is 15.7. The maximum absolute atomic E-state index is 11.9. The van der Waals surface area contributed by atoms with Gasteiger partial charge in [-0.3, -0.25) is 0 Å². The van der Waals surface area contributed by atoms with Gasteiger partial charge in [-0.25, -0.2) is 4.98 Å². The third kappa shape index (κ3) is 4.73. The van der Waals surface area contributed by atoms with Crippen molar-refractivity contribution in [3.05, 3.63) is 18.7 Å². The summed E-state index contributed by atoms with van der Waals surface area (Å²) in [6.45, 7) is 17.0. The number of imidazole rings is 1. The number of nitrogens with zero attached hydrogens (tertiary/aromatic N) is 2. The highest BCUT2D eigenvalue weighted by atomic mass is 16.3. The van der Waals surface area contributed by atoms with Crippen LogP contribution in [-0.4, -0.2) is 55.8 Å². The zero-order valence-electron chi connectivity index (χ0n) is 25.6. The molecule has 4 fully saturated rings. The SMILES string of the molecule is CC1(C)C2CC[C@]3(C)C(C[C@@H](O)C4[C@@H]([C@@](C)(O)CCCNCCCn5ccnc5)CC[C@]43C)[C@@]2(C)CC[C@@H]1O. The smallest absolute Gasteiger partial charge is 0.0945 e. The maximum atomic E-state index is 11.9. The van der Waals surface area contributed by atoms with E-state index in [9.17, 15) is 15.3 Å². The Kier molecular flexibility index (Phi) is 7.88. The lowest BCUT2D eigenvalue weighted by atomic mass is 9.35. The fourth-order valence-corrected chi connectivity index (χ4v) is 11.1. The largest absolute Gasteiger partial charge is 0.393 e. The number of aryl methyl sites for hydroxylation is 1. The summed E-state index contributed by atoms with van der Waals surface area (Å²) in [6.07, 6.45) is 15.1. The van der Waals surface area contributed by atoms with Crippen molar-refractivity contribution in [1.29, 1.82) is 0 Å². The second kappa shape index (κ2) is 10.4. The minimum atomic E-state index is -0.761. The van der Waals surface area contributed by atoms with Gasteiger partial charge >= 0.3 is 0 Å². The van der Waals surface area contributed by atoms with E-state index in [1.54, 1.807) is 0 Å². The molecule has 0 spiro atoms. The summed E-state index contributed by atoms with van der Waals surface area (Å²) >= 11 is 0. The lowest BCUT2D eigenvalue weighted by Crippen LogP contribution is -2.66. The molecule has 0 aromatic carbocycles. The standard InChI is InChI=1S/C33H57N3O3/c1-29(2)25-10-15-31(4)26(30(25,3)13-11-27(29)38)21-24(37)28-23(9-14-32(28,31)5)33(6,39)12-7-16-34-17-8-19-36-20-18-35-22-36/h18,20,22-28,34,37-39H,7-17,19,21H2,1-6H3/t23-,24+,25?,26?,27-,28?,30-,31+,32+,33-/m0/s1. The fourth-order valence-electron chi connectivity index (χ4n) is 11.1. The molecule has 1 aromatic rings. The molecule has 0 radical (unpaired) electrons. The summed E-state index contributed by atoms with van der Waals surface area (Å²) in [5.74, 6) is 1.25. The molecular weight excluding hydrogens is 486 g/mol. The highest BCUT2D eigenvalue weighted by Gasteiger charge is 2.71. The Morgan fingerprint density at radius 3 is 2.38 bits per heavy atom. The number of aliphatic hydroxyl groups excluding tert-OH is 2. The number of nitrogens with one attached hydrogen (secondary N) is 1. The molecule has 1 heterocycles. The highest BCUT2D eigenvalue weighted by molar-refractivity contribution is 5.20. The van der Waals surface area contributed by atoms with Gasteiger partial charge in [0.25, 0.3) is 0 Å². The molecule has 6 nitrogen and oxygen atoms in total. The molecule has 4 saturated carbocycles. The van der Waals surface area contributed by atoms with Crippen molar-refractivity contribution in [2.24, 2.45) is 45.3 Å². The molecule has 6 heteroatoms. The average Bonchev–Trinajstić information content (AvgIpc) is 3.52. The first-order valence-corrected chi connectivity index (χ1v) is 16.0. The van der Waals surface area contributed by atoms with Gasteiger partial charge in [0, 0.05) is 18.9 Å². The van der Waals surface area contributed by atoms with E-state index >= 15 is 0 Å². The second-order valence-electron chi connectivity index (χ2n) is 15.7. The Labute approximate surface area is 237 Å². The summed E-state index contributed by atoms with van der Waals surface area (Å²) < 4.78 is 2.11. The van der Waals surface area contributed by atoms with Crippen LogP contribution in [0.2, 0.25) is 0 Å². The van der Waals surface area contributed by atoms with Gasteiger partial charge in [0.15, 0.2) is 0 Å². The van der Waals surface area contributed by atoms with E-state index in [0.717, 1.165) is 71.0 Å². The van der Waals surface area contributed by atoms with E-state index in [2.05, 4.69) is 49.5 Å². The minimum absolute atomic E-state index is 0.0315. The Morgan fingerprint density at radius 1 is 0.949 bits per heavy atom. The highest BCUT2D eigenvalue weighted by Crippen LogP contribution is 2.75. The van der Waals surface area contributed by atoms with Gasteiger partial charge in [-0.2, -0.15) is 0 Å². The fraction of sp³-hybridized carbons (Fsp3) is 0.909. The molecule has 3 unspecified atom stereocenters. The van der Waals surface area contributed by atoms with Crippen molar-refractivity contribution in [2.45, 2.75) is 130 Å². The summed E-state index contributed by atoms with van der Waals surface area (Å²) in [7, 11) is 0. The molecule has 0 aliphatic heterocycles. The van der Waals surface area contributed by atoms with Crippen LogP contribution in [0.25, 0.3) is 0 Å². The van der Waals surface area contributed by atoms with E-state index in [4.69, 9.17) is 0 Å². The predicted octanol–water partition coefficient (Wildman–Crippen LogP) is 5.41. The minimum Gasteiger partial charge on any atom is -0.393 e. The Hall–Kier alpha value is -0.950. The van der Waals surface area contributed by atoms with Crippen LogP contribution in [0, 0.1) is 45.3 Å². The molecular formula is C33H57N3O3. The molecule has 222 valence electrons. The van der Waals surface area contributed by atoms with Crippen LogP contribution in [-0.2, 0) is 6.54 Å². The van der Waals surface area contributed by atoms with Gasteiger partial charge in [0.2, 0.25) is 0 Å². The van der Waals surface area contributed by atoms with Gasteiger partial charge < -0.3 is 25.2 Å². The lowest BCUT2D eigenvalue weighted by molar-refractivity contribution is -0.246. The van der Waals surface area contributed by atoms with E-state index in [1.807, 2.05) is 25.6 Å². The topological polar surface area (TPSA) is 90.5 Å². The number of aromatic nitrogens is 2. The molecule has 5 rings (SSSR count). The number of hydrogen-bond donors (Lipinski definition) is 4. The van der Waals surface area contributed by atoms with Gasteiger partial charge in [0.1, 0.15) is 0 Å². The molecule has 0 amide bonds. The third-order valence-corrected chi connectivity index (χ3v) is 13.5. The van der Waals surface area contributed by atoms with Gasteiger partial charge in [0.05, 0.1) is 24.1 Å². The number of fused-ring (bicyclic) bond motifs is 5. The normalized spacial score (nSPS) is 44.7. The van der Waals surface area contributed by atoms with Crippen molar-refractivity contribution in [2.75, 3.05) is 13.1 Å². The Morgan fingerprint density at radius 2 is 1.67 bits per heavy atom. The van der Waals surface area contributed by atoms with Crippen LogP contribution < -0.4 is 5.32 Å². The van der Waals surface area contributed by atoms with E-state index < -0.39 is 5.60 Å². The van der Waals surface area contributed by atoms with Crippen LogP contribution in [0.1, 0.15) is 106 Å². The first-order chi connectivity index (χ1) is 18.3. The van der Waals surface area contributed by atoms with E-state index in [0.29, 0.717) is 11.8 Å². The first kappa shape index (κ1) is 29.5. The van der Waals surface area contributed by atoms with Crippen LogP contribution in [0.4, 0.5) is 0 Å². The Bertz CT molecular complexity index is 979. The quantitative estimate of drug-likeness (QED) is 0.313. The van der Waals surface area contributed by atoms with Gasteiger partial charge in [-0.1, -0.05) is 34.6 Å². The molecule has 4 N–H and O–H groups in total. The summed E-state index contributed by atoms with van der Waals surface area (Å²) in [5.41, 5.74) is -0.504. The first-order valence-electron chi connectivity index (χ1n) is 16.0.